The highest BCUT2D eigenvalue weighted by Gasteiger charge is 1.99. The zero-order valence-corrected chi connectivity index (χ0v) is 10.8. The van der Waals surface area contributed by atoms with E-state index in [1.54, 1.807) is 18.3 Å². The van der Waals surface area contributed by atoms with Gasteiger partial charge in [-0.15, -0.1) is 0 Å². The van der Waals surface area contributed by atoms with Gasteiger partial charge in [0.1, 0.15) is 5.75 Å². The molecule has 0 atom stereocenters. The Labute approximate surface area is 116 Å². The average molecular weight is 271 g/mol. The van der Waals surface area contributed by atoms with Crippen LogP contribution in [0.1, 0.15) is 11.1 Å². The molecule has 0 amide bonds. The third-order valence-corrected chi connectivity index (χ3v) is 2.80. The van der Waals surface area contributed by atoms with Gasteiger partial charge < -0.3 is 5.11 Å². The molecular weight excluding hydrogens is 260 g/mol. The Morgan fingerprint density at radius 3 is 2.63 bits per heavy atom. The fourth-order valence-corrected chi connectivity index (χ4v) is 1.74. The topological polar surface area (TPSA) is 56.4 Å². The first-order valence-electron chi connectivity index (χ1n) is 5.67. The zero-order chi connectivity index (χ0) is 13.7. The molecule has 0 aliphatic carbocycles. The molecule has 1 N–H and O–H groups in total. The number of hydrogen-bond donors (Lipinski definition) is 1. The van der Waals surface area contributed by atoms with Crippen molar-refractivity contribution in [1.82, 2.24) is 0 Å². The summed E-state index contributed by atoms with van der Waals surface area (Å²) in [6.07, 6.45) is 1.94. The maximum atomic E-state index is 9.64. The number of aliphatic imine (C=N–C) groups is 1. The minimum Gasteiger partial charge on any atom is -0.507 e. The van der Waals surface area contributed by atoms with Crippen molar-refractivity contribution in [1.29, 1.82) is 5.26 Å². The van der Waals surface area contributed by atoms with Crippen LogP contribution in [0.15, 0.2) is 47.5 Å². The van der Waals surface area contributed by atoms with Crippen molar-refractivity contribution in [2.45, 2.75) is 6.42 Å². The molecule has 0 aliphatic rings. The summed E-state index contributed by atoms with van der Waals surface area (Å²) in [5.41, 5.74) is 2.27. The van der Waals surface area contributed by atoms with Gasteiger partial charge in [-0.2, -0.15) is 5.26 Å². The van der Waals surface area contributed by atoms with Crippen LogP contribution >= 0.6 is 11.6 Å². The van der Waals surface area contributed by atoms with Crippen molar-refractivity contribution in [2.24, 2.45) is 4.99 Å². The van der Waals surface area contributed by atoms with Gasteiger partial charge in [-0.25, -0.2) is 0 Å². The molecule has 2 aromatic rings. The number of nitriles is 1. The van der Waals surface area contributed by atoms with Crippen molar-refractivity contribution in [3.8, 4) is 11.8 Å². The Hall–Kier alpha value is -2.31. The lowest BCUT2D eigenvalue weighted by atomic mass is 10.1. The predicted octanol–water partition coefficient (Wildman–Crippen LogP) is 3.86. The Balaban J connectivity index is 2.18. The molecular formula is C15H11ClN2O. The van der Waals surface area contributed by atoms with Crippen LogP contribution in [-0.4, -0.2) is 11.3 Å². The fourth-order valence-electron chi connectivity index (χ4n) is 1.56. The largest absolute Gasteiger partial charge is 0.507 e. The molecule has 0 saturated heterocycles. The quantitative estimate of drug-likeness (QED) is 0.861. The first kappa shape index (κ1) is 13.1. The maximum absolute atomic E-state index is 9.64. The van der Waals surface area contributed by atoms with Gasteiger partial charge in [-0.05, 0) is 35.9 Å². The number of rotatable bonds is 3. The number of aromatic hydroxyl groups is 1. The highest BCUT2D eigenvalue weighted by atomic mass is 35.5. The van der Waals surface area contributed by atoms with Crippen molar-refractivity contribution < 1.29 is 5.11 Å². The molecule has 0 bridgehead atoms. The summed E-state index contributed by atoms with van der Waals surface area (Å²) in [4.78, 5) is 4.25. The van der Waals surface area contributed by atoms with Gasteiger partial charge in [-0.3, -0.25) is 4.99 Å². The second-order valence-corrected chi connectivity index (χ2v) is 4.40. The summed E-state index contributed by atoms with van der Waals surface area (Å²) in [5, 5.41) is 18.8. The number of phenols is 1. The lowest BCUT2D eigenvalue weighted by Gasteiger charge is -1.99. The normalized spacial score (nSPS) is 10.5. The molecule has 94 valence electrons. The molecule has 19 heavy (non-hydrogen) atoms. The SMILES string of the molecule is N#CCc1ccc(N=Cc2cc(Cl)ccc2O)cc1. The van der Waals surface area contributed by atoms with Crippen LogP contribution in [0.3, 0.4) is 0 Å². The Bertz CT molecular complexity index is 642. The highest BCUT2D eigenvalue weighted by molar-refractivity contribution is 6.30. The zero-order valence-electron chi connectivity index (χ0n) is 10.0. The Morgan fingerprint density at radius 1 is 1.21 bits per heavy atom. The molecule has 4 heteroatoms. The summed E-state index contributed by atoms with van der Waals surface area (Å²) in [7, 11) is 0. The minimum atomic E-state index is 0.134. The lowest BCUT2D eigenvalue weighted by Crippen LogP contribution is -1.83. The van der Waals surface area contributed by atoms with Gasteiger partial charge in [0.25, 0.3) is 0 Å². The minimum absolute atomic E-state index is 0.134. The van der Waals surface area contributed by atoms with Gasteiger partial charge >= 0.3 is 0 Å². The van der Waals surface area contributed by atoms with E-state index in [-0.39, 0.29) is 5.75 Å². The molecule has 0 aliphatic heterocycles. The molecule has 0 heterocycles. The van der Waals surface area contributed by atoms with Gasteiger partial charge in [0.15, 0.2) is 0 Å². The fraction of sp³-hybridized carbons (Fsp3) is 0.0667. The standard InChI is InChI=1S/C15H11ClN2O/c16-13-3-6-15(19)12(9-13)10-18-14-4-1-11(2-5-14)7-8-17/h1-6,9-10,19H,7H2. The van der Waals surface area contributed by atoms with Crippen molar-refractivity contribution >= 4 is 23.5 Å². The smallest absolute Gasteiger partial charge is 0.124 e. The lowest BCUT2D eigenvalue weighted by molar-refractivity contribution is 0.474. The van der Waals surface area contributed by atoms with Crippen LogP contribution in [0, 0.1) is 11.3 Å². The first-order valence-corrected chi connectivity index (χ1v) is 6.05. The molecule has 2 rings (SSSR count). The molecule has 0 radical (unpaired) electrons. The van der Waals surface area contributed by atoms with E-state index < -0.39 is 0 Å². The summed E-state index contributed by atoms with van der Waals surface area (Å²) in [6.45, 7) is 0. The third kappa shape index (κ3) is 3.57. The van der Waals surface area contributed by atoms with E-state index in [0.29, 0.717) is 17.0 Å². The van der Waals surface area contributed by atoms with Crippen LogP contribution in [0.25, 0.3) is 0 Å². The number of halogens is 1. The third-order valence-electron chi connectivity index (χ3n) is 2.56. The molecule has 0 spiro atoms. The van der Waals surface area contributed by atoms with E-state index in [4.69, 9.17) is 16.9 Å². The second kappa shape index (κ2) is 6.03. The summed E-state index contributed by atoms with van der Waals surface area (Å²) < 4.78 is 0. The van der Waals surface area contributed by atoms with Crippen LogP contribution in [0.2, 0.25) is 5.02 Å². The van der Waals surface area contributed by atoms with Crippen molar-refractivity contribution in [2.75, 3.05) is 0 Å². The van der Waals surface area contributed by atoms with E-state index >= 15 is 0 Å². The van der Waals surface area contributed by atoms with Crippen molar-refractivity contribution in [3.63, 3.8) is 0 Å². The van der Waals surface area contributed by atoms with E-state index in [2.05, 4.69) is 11.1 Å². The predicted molar refractivity (Wildman–Crippen MR) is 76.1 cm³/mol. The summed E-state index contributed by atoms with van der Waals surface area (Å²) in [5.74, 6) is 0.134. The van der Waals surface area contributed by atoms with E-state index in [9.17, 15) is 5.11 Å². The number of phenolic OH excluding ortho intramolecular Hbond substituents is 1. The maximum Gasteiger partial charge on any atom is 0.124 e. The molecule has 0 fully saturated rings. The summed E-state index contributed by atoms with van der Waals surface area (Å²) >= 11 is 5.85. The van der Waals surface area contributed by atoms with Crippen LogP contribution in [-0.2, 0) is 6.42 Å². The van der Waals surface area contributed by atoms with Crippen LogP contribution in [0.4, 0.5) is 5.69 Å². The Kier molecular flexibility index (Phi) is 4.17. The first-order chi connectivity index (χ1) is 9.19. The average Bonchev–Trinajstić information content (AvgIpc) is 2.42. The highest BCUT2D eigenvalue weighted by Crippen LogP contribution is 2.21. The molecule has 0 unspecified atom stereocenters. The van der Waals surface area contributed by atoms with Gasteiger partial charge in [-0.1, -0.05) is 23.7 Å². The number of benzene rings is 2. The van der Waals surface area contributed by atoms with Crippen LogP contribution in [0.5, 0.6) is 5.75 Å². The molecule has 3 nitrogen and oxygen atoms in total. The molecule has 0 saturated carbocycles. The van der Waals surface area contributed by atoms with Crippen LogP contribution < -0.4 is 0 Å². The van der Waals surface area contributed by atoms with E-state index in [1.807, 2.05) is 24.3 Å². The number of hydrogen-bond acceptors (Lipinski definition) is 3. The van der Waals surface area contributed by atoms with Gasteiger partial charge in [0.2, 0.25) is 0 Å². The van der Waals surface area contributed by atoms with Gasteiger partial charge in [0, 0.05) is 16.8 Å². The van der Waals surface area contributed by atoms with Crippen molar-refractivity contribution in [3.05, 3.63) is 58.6 Å². The molecule has 0 aromatic heterocycles. The van der Waals surface area contributed by atoms with Gasteiger partial charge in [0.05, 0.1) is 18.2 Å². The second-order valence-electron chi connectivity index (χ2n) is 3.96. The summed E-state index contributed by atoms with van der Waals surface area (Å²) in [6, 6.07) is 14.2. The van der Waals surface area contributed by atoms with E-state index in [1.165, 1.54) is 6.07 Å². The molecule has 2 aromatic carbocycles. The Morgan fingerprint density at radius 2 is 1.95 bits per heavy atom. The number of nitrogens with zero attached hydrogens (tertiary/aromatic N) is 2. The monoisotopic (exact) mass is 270 g/mol. The van der Waals surface area contributed by atoms with E-state index in [0.717, 1.165) is 11.3 Å².